The van der Waals surface area contributed by atoms with Gasteiger partial charge >= 0.3 is 5.97 Å². The van der Waals surface area contributed by atoms with E-state index < -0.39 is 12.1 Å². The first-order chi connectivity index (χ1) is 17.8. The lowest BCUT2D eigenvalue weighted by atomic mass is 9.79. The molecule has 0 radical (unpaired) electrons. The zero-order valence-electron chi connectivity index (χ0n) is 20.6. The molecule has 37 heavy (non-hydrogen) atoms. The molecular formula is C29H29Cl2FN2O3. The number of rotatable bonds is 8. The number of halogens is 3. The zero-order chi connectivity index (χ0) is 26.4. The molecule has 1 saturated heterocycles. The molecule has 0 bridgehead atoms. The van der Waals surface area contributed by atoms with Gasteiger partial charge in [0.25, 0.3) is 0 Å². The third-order valence-electron chi connectivity index (χ3n) is 6.98. The predicted molar refractivity (Wildman–Crippen MR) is 145 cm³/mol. The number of aromatic nitrogens is 1. The SMILES string of the molecule is COc1ccc2nccc(C(F)CC[C@@H]3CCN(CC#Cc4ccc(Cl)cc4Cl)C[C@@H]3CC(=O)O)c2c1. The summed E-state index contributed by atoms with van der Waals surface area (Å²) in [5.41, 5.74) is 2.02. The molecule has 3 atom stereocenters. The number of piperidine rings is 1. The summed E-state index contributed by atoms with van der Waals surface area (Å²) in [6.45, 7) is 1.92. The van der Waals surface area contributed by atoms with Gasteiger partial charge in [0.05, 0.1) is 24.2 Å². The highest BCUT2D eigenvalue weighted by atomic mass is 35.5. The van der Waals surface area contributed by atoms with Crippen LogP contribution in [0.5, 0.6) is 5.75 Å². The summed E-state index contributed by atoms with van der Waals surface area (Å²) >= 11 is 12.1. The van der Waals surface area contributed by atoms with Crippen molar-refractivity contribution in [3.05, 3.63) is 69.8 Å². The van der Waals surface area contributed by atoms with Crippen molar-refractivity contribution in [2.45, 2.75) is 31.9 Å². The van der Waals surface area contributed by atoms with Crippen molar-refractivity contribution < 1.29 is 19.0 Å². The monoisotopic (exact) mass is 542 g/mol. The minimum Gasteiger partial charge on any atom is -0.497 e. The Morgan fingerprint density at radius 1 is 1.24 bits per heavy atom. The average Bonchev–Trinajstić information content (AvgIpc) is 2.88. The molecule has 0 amide bonds. The molecule has 2 aromatic carbocycles. The van der Waals surface area contributed by atoms with Crippen molar-refractivity contribution in [3.63, 3.8) is 0 Å². The van der Waals surface area contributed by atoms with Crippen molar-refractivity contribution >= 4 is 40.1 Å². The fraction of sp³-hybridized carbons (Fsp3) is 0.379. The average molecular weight is 543 g/mol. The number of fused-ring (bicyclic) bond motifs is 1. The van der Waals surface area contributed by atoms with Crippen LogP contribution in [0.3, 0.4) is 0 Å². The Hall–Kier alpha value is -2.85. The van der Waals surface area contributed by atoms with Crippen LogP contribution in [-0.2, 0) is 4.79 Å². The van der Waals surface area contributed by atoms with Gasteiger partial charge < -0.3 is 9.84 Å². The van der Waals surface area contributed by atoms with Crippen molar-refractivity contribution in [2.75, 3.05) is 26.7 Å². The largest absolute Gasteiger partial charge is 0.497 e. The summed E-state index contributed by atoms with van der Waals surface area (Å²) in [5.74, 6) is 6.11. The normalized spacial score (nSPS) is 18.7. The highest BCUT2D eigenvalue weighted by Gasteiger charge is 2.31. The van der Waals surface area contributed by atoms with Gasteiger partial charge in [-0.1, -0.05) is 35.0 Å². The van der Waals surface area contributed by atoms with Crippen LogP contribution in [0.1, 0.15) is 43.0 Å². The Balaban J connectivity index is 1.39. The molecule has 0 aliphatic carbocycles. The third kappa shape index (κ3) is 7.13. The summed E-state index contributed by atoms with van der Waals surface area (Å²) in [6.07, 6.45) is 2.26. The van der Waals surface area contributed by atoms with Gasteiger partial charge in [-0.2, -0.15) is 0 Å². The molecule has 2 heterocycles. The number of hydrogen-bond donors (Lipinski definition) is 1. The summed E-state index contributed by atoms with van der Waals surface area (Å²) in [4.78, 5) is 18.1. The summed E-state index contributed by atoms with van der Waals surface area (Å²) in [6, 6.07) is 12.4. The number of pyridine rings is 1. The molecule has 5 nitrogen and oxygen atoms in total. The molecule has 3 aromatic rings. The third-order valence-corrected chi connectivity index (χ3v) is 7.53. The minimum absolute atomic E-state index is 0.0595. The Kier molecular flexibility index (Phi) is 9.26. The number of carboxylic acids is 1. The van der Waals surface area contributed by atoms with Crippen LogP contribution in [0.2, 0.25) is 10.0 Å². The lowest BCUT2D eigenvalue weighted by Crippen LogP contribution is -2.41. The smallest absolute Gasteiger partial charge is 0.303 e. The van der Waals surface area contributed by atoms with Crippen LogP contribution < -0.4 is 4.74 Å². The Labute approximate surface area is 226 Å². The lowest BCUT2D eigenvalue weighted by Gasteiger charge is -2.37. The fourth-order valence-electron chi connectivity index (χ4n) is 5.04. The maximum absolute atomic E-state index is 15.5. The van der Waals surface area contributed by atoms with E-state index in [1.807, 2.05) is 18.2 Å². The van der Waals surface area contributed by atoms with Gasteiger partial charge in [0.1, 0.15) is 11.9 Å². The second-order valence-corrected chi connectivity index (χ2v) is 10.2. The van der Waals surface area contributed by atoms with Gasteiger partial charge in [0.2, 0.25) is 0 Å². The van der Waals surface area contributed by atoms with E-state index >= 15 is 4.39 Å². The molecule has 1 aliphatic rings. The van der Waals surface area contributed by atoms with Crippen molar-refractivity contribution in [3.8, 4) is 17.6 Å². The quantitative estimate of drug-likeness (QED) is 0.317. The lowest BCUT2D eigenvalue weighted by molar-refractivity contribution is -0.139. The first-order valence-electron chi connectivity index (χ1n) is 12.3. The number of nitrogens with zero attached hydrogens (tertiary/aromatic N) is 2. The number of alkyl halides is 1. The van der Waals surface area contributed by atoms with Gasteiger partial charge in [-0.3, -0.25) is 14.7 Å². The summed E-state index contributed by atoms with van der Waals surface area (Å²) in [5, 5.41) is 11.3. The molecule has 8 heteroatoms. The van der Waals surface area contributed by atoms with Crippen molar-refractivity contribution in [1.29, 1.82) is 0 Å². The number of likely N-dealkylation sites (tertiary alicyclic amines) is 1. The Morgan fingerprint density at radius 3 is 2.84 bits per heavy atom. The molecule has 194 valence electrons. The highest BCUT2D eigenvalue weighted by molar-refractivity contribution is 6.35. The standard InChI is InChI=1S/C29H29Cl2FN2O3/c1-37-23-7-9-28-25(17-23)24(10-12-33-28)27(32)8-5-19-11-14-34(18-21(19)15-29(35)36)13-2-3-20-4-6-22(30)16-26(20)31/h4,6-7,9-10,12,16-17,19,21,27H,5,8,11,13-15,18H2,1H3,(H,35,36)/t19-,21+,27?/m1/s1. The van der Waals surface area contributed by atoms with E-state index in [2.05, 4.69) is 21.7 Å². The number of ether oxygens (including phenoxy) is 1. The Bertz CT molecular complexity index is 1320. The molecule has 0 saturated carbocycles. The molecule has 0 spiro atoms. The summed E-state index contributed by atoms with van der Waals surface area (Å²) in [7, 11) is 1.58. The number of carbonyl (C=O) groups is 1. The molecule has 1 aliphatic heterocycles. The second-order valence-electron chi connectivity index (χ2n) is 9.40. The molecule has 4 rings (SSSR count). The molecule has 1 N–H and O–H groups in total. The Morgan fingerprint density at radius 2 is 2.08 bits per heavy atom. The number of methoxy groups -OCH3 is 1. The molecule has 1 aromatic heterocycles. The fourth-order valence-corrected chi connectivity index (χ4v) is 5.49. The van der Waals surface area contributed by atoms with Gasteiger partial charge in [0, 0.05) is 35.1 Å². The molecular weight excluding hydrogens is 514 g/mol. The second kappa shape index (κ2) is 12.6. The van der Waals surface area contributed by atoms with E-state index in [0.717, 1.165) is 23.9 Å². The number of benzene rings is 2. The van der Waals surface area contributed by atoms with Crippen LogP contribution in [0.15, 0.2) is 48.7 Å². The summed E-state index contributed by atoms with van der Waals surface area (Å²) < 4.78 is 20.8. The highest BCUT2D eigenvalue weighted by Crippen LogP contribution is 2.36. The number of aliphatic carboxylic acids is 1. The maximum atomic E-state index is 15.5. The zero-order valence-corrected chi connectivity index (χ0v) is 22.1. The van der Waals surface area contributed by atoms with E-state index in [1.54, 1.807) is 37.6 Å². The van der Waals surface area contributed by atoms with Crippen LogP contribution in [-0.4, -0.2) is 47.7 Å². The van der Waals surface area contributed by atoms with E-state index in [4.69, 9.17) is 27.9 Å². The maximum Gasteiger partial charge on any atom is 0.303 e. The first kappa shape index (κ1) is 27.2. The molecule has 1 fully saturated rings. The van der Waals surface area contributed by atoms with Gasteiger partial charge in [-0.15, -0.1) is 0 Å². The van der Waals surface area contributed by atoms with Gasteiger partial charge in [-0.05, 0) is 85.7 Å². The van der Waals surface area contributed by atoms with E-state index in [-0.39, 0.29) is 18.3 Å². The van der Waals surface area contributed by atoms with E-state index in [1.165, 1.54) is 0 Å². The van der Waals surface area contributed by atoms with Crippen LogP contribution >= 0.6 is 23.2 Å². The van der Waals surface area contributed by atoms with Crippen LogP contribution in [0, 0.1) is 23.7 Å². The minimum atomic E-state index is -1.17. The number of hydrogen-bond acceptors (Lipinski definition) is 4. The number of carboxylic acid groups (broad SMARTS) is 1. The van der Waals surface area contributed by atoms with Crippen molar-refractivity contribution in [2.24, 2.45) is 11.8 Å². The molecule has 1 unspecified atom stereocenters. The van der Waals surface area contributed by atoms with Gasteiger partial charge in [0.15, 0.2) is 0 Å². The van der Waals surface area contributed by atoms with E-state index in [9.17, 15) is 9.90 Å². The first-order valence-corrected chi connectivity index (χ1v) is 13.0. The predicted octanol–water partition coefficient (Wildman–Crippen LogP) is 6.81. The van der Waals surface area contributed by atoms with Crippen molar-refractivity contribution in [1.82, 2.24) is 9.88 Å². The van der Waals surface area contributed by atoms with Crippen LogP contribution in [0.25, 0.3) is 10.9 Å². The topological polar surface area (TPSA) is 62.7 Å². The van der Waals surface area contributed by atoms with E-state index in [0.29, 0.717) is 52.9 Å². The van der Waals surface area contributed by atoms with Crippen LogP contribution in [0.4, 0.5) is 4.39 Å². The van der Waals surface area contributed by atoms with Gasteiger partial charge in [-0.25, -0.2) is 4.39 Å².